The van der Waals surface area contributed by atoms with Crippen molar-refractivity contribution in [3.05, 3.63) is 35.9 Å². The van der Waals surface area contributed by atoms with Crippen LogP contribution >= 0.6 is 0 Å². The molecule has 1 aromatic carbocycles. The second-order valence-electron chi connectivity index (χ2n) is 6.34. The Morgan fingerprint density at radius 2 is 1.95 bits per heavy atom. The highest BCUT2D eigenvalue weighted by atomic mass is 15.2. The zero-order chi connectivity index (χ0) is 13.9. The third-order valence-corrected chi connectivity index (χ3v) is 3.40. The van der Waals surface area contributed by atoms with E-state index >= 15 is 0 Å². The molecular weight excluding hydrogens is 234 g/mol. The molecule has 0 saturated heterocycles. The van der Waals surface area contributed by atoms with E-state index in [1.807, 2.05) is 7.05 Å². The lowest BCUT2D eigenvalue weighted by molar-refractivity contribution is 0.500. The number of nitrogens with zero attached hydrogens (tertiary/aromatic N) is 1. The molecule has 2 unspecified atom stereocenters. The van der Waals surface area contributed by atoms with E-state index in [4.69, 9.17) is 0 Å². The fraction of sp³-hybridized carbons (Fsp3) is 0.562. The maximum Gasteiger partial charge on any atom is 0.191 e. The predicted octanol–water partition coefficient (Wildman–Crippen LogP) is 2.75. The van der Waals surface area contributed by atoms with Gasteiger partial charge in [0.1, 0.15) is 0 Å². The minimum Gasteiger partial charge on any atom is -0.356 e. The van der Waals surface area contributed by atoms with Gasteiger partial charge in [-0.25, -0.2) is 0 Å². The van der Waals surface area contributed by atoms with E-state index in [1.54, 1.807) is 0 Å². The summed E-state index contributed by atoms with van der Waals surface area (Å²) in [5, 5.41) is 6.81. The summed E-state index contributed by atoms with van der Waals surface area (Å²) in [6.07, 6.45) is 1.28. The summed E-state index contributed by atoms with van der Waals surface area (Å²) in [7, 11) is 1.82. The van der Waals surface area contributed by atoms with Crippen LogP contribution in [0, 0.1) is 5.92 Å². The molecule has 0 bridgehead atoms. The van der Waals surface area contributed by atoms with Crippen LogP contribution in [0.3, 0.4) is 0 Å². The fourth-order valence-corrected chi connectivity index (χ4v) is 2.34. The first-order valence-corrected chi connectivity index (χ1v) is 7.03. The van der Waals surface area contributed by atoms with Crippen LogP contribution < -0.4 is 10.6 Å². The first-order valence-electron chi connectivity index (χ1n) is 7.03. The van der Waals surface area contributed by atoms with Crippen molar-refractivity contribution in [2.75, 3.05) is 13.6 Å². The van der Waals surface area contributed by atoms with Crippen molar-refractivity contribution < 1.29 is 0 Å². The van der Waals surface area contributed by atoms with Crippen LogP contribution in [-0.2, 0) is 0 Å². The molecule has 1 fully saturated rings. The number of hydrogen-bond acceptors (Lipinski definition) is 1. The van der Waals surface area contributed by atoms with Gasteiger partial charge in [0.2, 0.25) is 0 Å². The lowest BCUT2D eigenvalue weighted by Crippen LogP contribution is -2.48. The average Bonchev–Trinajstić information content (AvgIpc) is 3.14. The molecule has 104 valence electrons. The molecule has 1 aromatic rings. The number of guanidine groups is 1. The molecule has 0 aliphatic heterocycles. The molecule has 3 heteroatoms. The molecule has 19 heavy (non-hydrogen) atoms. The normalized spacial score (nSPS) is 23.1. The number of aliphatic imine (C=N–C) groups is 1. The zero-order valence-electron chi connectivity index (χ0n) is 12.4. The Labute approximate surface area is 116 Å². The molecule has 0 aromatic heterocycles. The minimum atomic E-state index is 0.0459. The highest BCUT2D eigenvalue weighted by Gasteiger charge is 2.37. The van der Waals surface area contributed by atoms with Crippen molar-refractivity contribution in [3.63, 3.8) is 0 Å². The quantitative estimate of drug-likeness (QED) is 0.647. The Morgan fingerprint density at radius 1 is 1.26 bits per heavy atom. The van der Waals surface area contributed by atoms with Crippen LogP contribution in [0.4, 0.5) is 0 Å². The van der Waals surface area contributed by atoms with Crippen molar-refractivity contribution in [2.24, 2.45) is 10.9 Å². The van der Waals surface area contributed by atoms with Gasteiger partial charge in [-0.15, -0.1) is 0 Å². The number of rotatable bonds is 3. The monoisotopic (exact) mass is 259 g/mol. The molecule has 1 saturated carbocycles. The van der Waals surface area contributed by atoms with Crippen LogP contribution in [0.1, 0.15) is 38.7 Å². The lowest BCUT2D eigenvalue weighted by Gasteiger charge is -2.23. The second kappa shape index (κ2) is 5.64. The van der Waals surface area contributed by atoms with Crippen molar-refractivity contribution in [1.82, 2.24) is 10.6 Å². The molecule has 2 N–H and O–H groups in total. The van der Waals surface area contributed by atoms with Crippen LogP contribution in [0.5, 0.6) is 0 Å². The molecule has 2 rings (SSSR count). The standard InChI is InChI=1S/C16H25N3/c1-16(2,3)19-15(17-4)18-11-13-10-14(13)12-8-6-5-7-9-12/h5-9,13-14H,10-11H2,1-4H3,(H2,17,18,19). The highest BCUT2D eigenvalue weighted by Crippen LogP contribution is 2.46. The first kappa shape index (κ1) is 13.9. The highest BCUT2D eigenvalue weighted by molar-refractivity contribution is 5.80. The minimum absolute atomic E-state index is 0.0459. The van der Waals surface area contributed by atoms with Crippen molar-refractivity contribution >= 4 is 5.96 Å². The first-order chi connectivity index (χ1) is 8.99. The van der Waals surface area contributed by atoms with Gasteiger partial charge in [-0.1, -0.05) is 30.3 Å². The lowest BCUT2D eigenvalue weighted by atomic mass is 10.1. The van der Waals surface area contributed by atoms with Gasteiger partial charge in [0.25, 0.3) is 0 Å². The number of hydrogen-bond donors (Lipinski definition) is 2. The summed E-state index contributed by atoms with van der Waals surface area (Å²) in [5.74, 6) is 2.36. The molecule has 0 amide bonds. The molecule has 0 spiro atoms. The molecular formula is C16H25N3. The molecule has 1 aliphatic carbocycles. The Balaban J connectivity index is 1.79. The van der Waals surface area contributed by atoms with Crippen molar-refractivity contribution in [1.29, 1.82) is 0 Å². The Bertz CT molecular complexity index is 431. The average molecular weight is 259 g/mol. The summed E-state index contributed by atoms with van der Waals surface area (Å²) in [5.41, 5.74) is 1.51. The van der Waals surface area contributed by atoms with Gasteiger partial charge in [-0.3, -0.25) is 4.99 Å². The van der Waals surface area contributed by atoms with Crippen molar-refractivity contribution in [2.45, 2.75) is 38.6 Å². The predicted molar refractivity (Wildman–Crippen MR) is 81.5 cm³/mol. The Kier molecular flexibility index (Phi) is 4.13. The molecule has 0 heterocycles. The molecule has 1 aliphatic rings. The van der Waals surface area contributed by atoms with Gasteiger partial charge in [0, 0.05) is 19.1 Å². The smallest absolute Gasteiger partial charge is 0.191 e. The van der Waals surface area contributed by atoms with E-state index in [0.717, 1.165) is 24.3 Å². The Hall–Kier alpha value is -1.51. The summed E-state index contributed by atoms with van der Waals surface area (Å²) < 4.78 is 0. The van der Waals surface area contributed by atoms with Gasteiger partial charge in [-0.05, 0) is 44.6 Å². The van der Waals surface area contributed by atoms with Crippen molar-refractivity contribution in [3.8, 4) is 0 Å². The van der Waals surface area contributed by atoms with E-state index < -0.39 is 0 Å². The number of nitrogens with one attached hydrogen (secondary N) is 2. The van der Waals surface area contributed by atoms with E-state index in [-0.39, 0.29) is 5.54 Å². The topological polar surface area (TPSA) is 36.4 Å². The summed E-state index contributed by atoms with van der Waals surface area (Å²) in [6.45, 7) is 7.42. The van der Waals surface area contributed by atoms with E-state index in [9.17, 15) is 0 Å². The second-order valence-corrected chi connectivity index (χ2v) is 6.34. The zero-order valence-corrected chi connectivity index (χ0v) is 12.4. The Morgan fingerprint density at radius 3 is 2.53 bits per heavy atom. The molecule has 0 radical (unpaired) electrons. The van der Waals surface area contributed by atoms with Crippen LogP contribution in [-0.4, -0.2) is 25.1 Å². The van der Waals surface area contributed by atoms with Gasteiger partial charge in [0.15, 0.2) is 5.96 Å². The van der Waals surface area contributed by atoms with E-state index in [0.29, 0.717) is 0 Å². The number of benzene rings is 1. The van der Waals surface area contributed by atoms with Crippen LogP contribution in [0.15, 0.2) is 35.3 Å². The fourth-order valence-electron chi connectivity index (χ4n) is 2.34. The van der Waals surface area contributed by atoms with Gasteiger partial charge < -0.3 is 10.6 Å². The van der Waals surface area contributed by atoms with E-state index in [1.165, 1.54) is 12.0 Å². The third kappa shape index (κ3) is 4.27. The van der Waals surface area contributed by atoms with Gasteiger partial charge >= 0.3 is 0 Å². The summed E-state index contributed by atoms with van der Waals surface area (Å²) >= 11 is 0. The van der Waals surface area contributed by atoms with Gasteiger partial charge in [0.05, 0.1) is 0 Å². The summed E-state index contributed by atoms with van der Waals surface area (Å²) in [4.78, 5) is 4.27. The maximum atomic E-state index is 4.27. The van der Waals surface area contributed by atoms with E-state index in [2.05, 4.69) is 66.7 Å². The summed E-state index contributed by atoms with van der Waals surface area (Å²) in [6, 6.07) is 10.8. The SMILES string of the molecule is CN=C(NCC1CC1c1ccccc1)NC(C)(C)C. The maximum absolute atomic E-state index is 4.27. The van der Waals surface area contributed by atoms with Gasteiger partial charge in [-0.2, -0.15) is 0 Å². The molecule has 3 nitrogen and oxygen atoms in total. The van der Waals surface area contributed by atoms with Crippen LogP contribution in [0.25, 0.3) is 0 Å². The van der Waals surface area contributed by atoms with Crippen LogP contribution in [0.2, 0.25) is 0 Å². The third-order valence-electron chi connectivity index (χ3n) is 3.40. The largest absolute Gasteiger partial charge is 0.356 e. The molecule has 2 atom stereocenters.